The minimum atomic E-state index is -0.255. The van der Waals surface area contributed by atoms with Crippen LogP contribution >= 0.6 is 11.6 Å². The second-order valence-electron chi connectivity index (χ2n) is 5.77. The number of hydrogen-bond donors (Lipinski definition) is 2. The minimum absolute atomic E-state index is 0.0825. The van der Waals surface area contributed by atoms with Crippen LogP contribution in [0, 0.1) is 0 Å². The maximum atomic E-state index is 12.1. The quantitative estimate of drug-likeness (QED) is 0.820. The molecule has 1 aromatic heterocycles. The largest absolute Gasteiger partial charge is 0.356 e. The zero-order valence-corrected chi connectivity index (χ0v) is 13.7. The third-order valence-corrected chi connectivity index (χ3v) is 3.03. The summed E-state index contributed by atoms with van der Waals surface area (Å²) in [5, 5.41) is 5.67. The second-order valence-corrected chi connectivity index (χ2v) is 6.16. The summed E-state index contributed by atoms with van der Waals surface area (Å²) in [6.07, 6.45) is 0.254. The van der Waals surface area contributed by atoms with E-state index < -0.39 is 0 Å². The van der Waals surface area contributed by atoms with E-state index in [0.29, 0.717) is 12.1 Å². The summed E-state index contributed by atoms with van der Waals surface area (Å²) in [4.78, 5) is 27.6. The van der Waals surface area contributed by atoms with Crippen LogP contribution in [0.2, 0.25) is 5.15 Å². The van der Waals surface area contributed by atoms with Crippen LogP contribution in [0.15, 0.2) is 12.1 Å². The maximum absolute atomic E-state index is 12.1. The van der Waals surface area contributed by atoms with Gasteiger partial charge in [-0.2, -0.15) is 0 Å². The molecule has 0 aromatic carbocycles. The molecule has 0 unspecified atom stereocenters. The van der Waals surface area contributed by atoms with Crippen molar-refractivity contribution in [3.8, 4) is 0 Å². The van der Waals surface area contributed by atoms with Gasteiger partial charge in [-0.3, -0.25) is 9.59 Å². The highest BCUT2D eigenvalue weighted by atomic mass is 35.5. The summed E-state index contributed by atoms with van der Waals surface area (Å²) in [7, 11) is 0. The molecule has 116 valence electrons. The predicted molar refractivity (Wildman–Crippen MR) is 83.6 cm³/mol. The lowest BCUT2D eigenvalue weighted by atomic mass is 9.91. The maximum Gasteiger partial charge on any atom is 0.251 e. The number of nitrogens with one attached hydrogen (secondary N) is 2. The van der Waals surface area contributed by atoms with E-state index in [-0.39, 0.29) is 35.3 Å². The number of halogens is 1. The summed E-state index contributed by atoms with van der Waals surface area (Å²) < 4.78 is 0. The average Bonchev–Trinajstić information content (AvgIpc) is 2.37. The molecule has 0 bridgehead atoms. The van der Waals surface area contributed by atoms with E-state index in [9.17, 15) is 9.59 Å². The molecule has 0 saturated heterocycles. The molecule has 0 atom stereocenters. The summed E-state index contributed by atoms with van der Waals surface area (Å²) in [6.45, 7) is 8.73. The van der Waals surface area contributed by atoms with Gasteiger partial charge in [-0.15, -0.1) is 0 Å². The van der Waals surface area contributed by atoms with Crippen LogP contribution in [0.3, 0.4) is 0 Å². The predicted octanol–water partition coefficient (Wildman–Crippen LogP) is 2.29. The molecule has 0 aliphatic rings. The molecule has 2 amide bonds. The van der Waals surface area contributed by atoms with Crippen molar-refractivity contribution < 1.29 is 9.59 Å². The molecule has 21 heavy (non-hydrogen) atoms. The summed E-state index contributed by atoms with van der Waals surface area (Å²) >= 11 is 5.97. The molecule has 1 heterocycles. The molecule has 5 nitrogen and oxygen atoms in total. The van der Waals surface area contributed by atoms with Crippen molar-refractivity contribution in [2.24, 2.45) is 0 Å². The van der Waals surface area contributed by atoms with Gasteiger partial charge in [0.2, 0.25) is 5.91 Å². The van der Waals surface area contributed by atoms with Gasteiger partial charge in [0, 0.05) is 36.2 Å². The molecular formula is C15H22ClN3O2. The lowest BCUT2D eigenvalue weighted by Gasteiger charge is -2.18. The van der Waals surface area contributed by atoms with Gasteiger partial charge in [-0.25, -0.2) is 4.98 Å². The molecule has 0 radical (unpaired) electrons. The lowest BCUT2D eigenvalue weighted by molar-refractivity contribution is -0.120. The smallest absolute Gasteiger partial charge is 0.251 e. The Morgan fingerprint density at radius 3 is 2.48 bits per heavy atom. The number of amides is 2. The first-order chi connectivity index (χ1) is 9.74. The Hall–Kier alpha value is -1.62. The number of pyridine rings is 1. The van der Waals surface area contributed by atoms with Crippen molar-refractivity contribution in [2.45, 2.75) is 39.5 Å². The van der Waals surface area contributed by atoms with Crippen molar-refractivity contribution in [3.63, 3.8) is 0 Å². The molecule has 6 heteroatoms. The van der Waals surface area contributed by atoms with Crippen molar-refractivity contribution in [3.05, 3.63) is 28.5 Å². The number of carbonyl (C=O) groups is 2. The zero-order chi connectivity index (χ0) is 16.0. The van der Waals surface area contributed by atoms with Gasteiger partial charge >= 0.3 is 0 Å². The van der Waals surface area contributed by atoms with Gasteiger partial charge < -0.3 is 10.6 Å². The fraction of sp³-hybridized carbons (Fsp3) is 0.533. The van der Waals surface area contributed by atoms with E-state index in [1.807, 2.05) is 27.7 Å². The van der Waals surface area contributed by atoms with Crippen molar-refractivity contribution in [1.29, 1.82) is 0 Å². The molecule has 1 aromatic rings. The Morgan fingerprint density at radius 1 is 1.24 bits per heavy atom. The summed E-state index contributed by atoms with van der Waals surface area (Å²) in [6, 6.07) is 3.26. The van der Waals surface area contributed by atoms with E-state index in [1.165, 1.54) is 6.07 Å². The third kappa shape index (κ3) is 5.71. The highest BCUT2D eigenvalue weighted by molar-refractivity contribution is 6.29. The van der Waals surface area contributed by atoms with Crippen molar-refractivity contribution >= 4 is 23.4 Å². The first-order valence-electron chi connectivity index (χ1n) is 6.97. The third-order valence-electron chi connectivity index (χ3n) is 2.84. The van der Waals surface area contributed by atoms with Gasteiger partial charge in [0.15, 0.2) is 0 Å². The van der Waals surface area contributed by atoms with Crippen LogP contribution in [0.5, 0.6) is 0 Å². The number of hydrogen-bond acceptors (Lipinski definition) is 3. The molecule has 0 saturated carbocycles. The molecule has 0 spiro atoms. The van der Waals surface area contributed by atoms with E-state index in [4.69, 9.17) is 11.6 Å². The fourth-order valence-corrected chi connectivity index (χ4v) is 1.90. The van der Waals surface area contributed by atoms with Crippen LogP contribution < -0.4 is 10.6 Å². The van der Waals surface area contributed by atoms with E-state index in [2.05, 4.69) is 15.6 Å². The van der Waals surface area contributed by atoms with Crippen LogP contribution in [0.4, 0.5) is 0 Å². The van der Waals surface area contributed by atoms with Crippen molar-refractivity contribution in [2.75, 3.05) is 13.1 Å². The van der Waals surface area contributed by atoms with Gasteiger partial charge in [0.1, 0.15) is 5.15 Å². The van der Waals surface area contributed by atoms with Crippen LogP contribution in [0.25, 0.3) is 0 Å². The molecule has 0 aliphatic carbocycles. The molecule has 2 N–H and O–H groups in total. The van der Waals surface area contributed by atoms with Crippen molar-refractivity contribution in [1.82, 2.24) is 15.6 Å². The number of carbonyl (C=O) groups excluding carboxylic acids is 2. The van der Waals surface area contributed by atoms with Gasteiger partial charge in [0.25, 0.3) is 5.91 Å². The lowest BCUT2D eigenvalue weighted by Crippen LogP contribution is -2.30. The van der Waals surface area contributed by atoms with E-state index >= 15 is 0 Å². The standard InChI is InChI=1S/C15H22ClN3O2/c1-5-17-13(20)6-7-18-14(21)10-8-11(15(2,3)4)19-12(16)9-10/h8-9H,5-7H2,1-4H3,(H,17,20)(H,18,21). The van der Waals surface area contributed by atoms with E-state index in [1.54, 1.807) is 6.07 Å². The van der Waals surface area contributed by atoms with Crippen LogP contribution in [-0.4, -0.2) is 29.9 Å². The van der Waals surface area contributed by atoms with Gasteiger partial charge in [-0.05, 0) is 19.1 Å². The first kappa shape index (κ1) is 17.4. The molecular weight excluding hydrogens is 290 g/mol. The first-order valence-corrected chi connectivity index (χ1v) is 7.34. The normalized spacial score (nSPS) is 11.1. The Morgan fingerprint density at radius 2 is 1.90 bits per heavy atom. The average molecular weight is 312 g/mol. The Kier molecular flexibility index (Phi) is 6.15. The van der Waals surface area contributed by atoms with E-state index in [0.717, 1.165) is 5.69 Å². The number of aromatic nitrogens is 1. The van der Waals surface area contributed by atoms with Crippen LogP contribution in [0.1, 0.15) is 50.2 Å². The second kappa shape index (κ2) is 7.41. The Bertz CT molecular complexity index is 524. The molecule has 0 aliphatic heterocycles. The van der Waals surface area contributed by atoms with Gasteiger partial charge in [-0.1, -0.05) is 32.4 Å². The number of rotatable bonds is 5. The Balaban J connectivity index is 2.70. The van der Waals surface area contributed by atoms with Crippen LogP contribution in [-0.2, 0) is 10.2 Å². The monoisotopic (exact) mass is 311 g/mol. The minimum Gasteiger partial charge on any atom is -0.356 e. The highest BCUT2D eigenvalue weighted by Crippen LogP contribution is 2.23. The Labute approximate surface area is 130 Å². The molecule has 0 fully saturated rings. The SMILES string of the molecule is CCNC(=O)CCNC(=O)c1cc(Cl)nc(C(C)(C)C)c1. The van der Waals surface area contributed by atoms with Gasteiger partial charge in [0.05, 0.1) is 0 Å². The summed E-state index contributed by atoms with van der Waals surface area (Å²) in [5.41, 5.74) is 1.01. The number of nitrogens with zero attached hydrogens (tertiary/aromatic N) is 1. The topological polar surface area (TPSA) is 71.1 Å². The highest BCUT2D eigenvalue weighted by Gasteiger charge is 2.18. The fourth-order valence-electron chi connectivity index (χ4n) is 1.69. The summed E-state index contributed by atoms with van der Waals surface area (Å²) in [5.74, 6) is -0.338. The zero-order valence-electron chi connectivity index (χ0n) is 12.9. The molecule has 1 rings (SSSR count).